The van der Waals surface area contributed by atoms with Gasteiger partial charge in [0.25, 0.3) is 0 Å². The molecule has 2 aromatic carbocycles. The van der Waals surface area contributed by atoms with Gasteiger partial charge in [-0.25, -0.2) is 0 Å². The van der Waals surface area contributed by atoms with Crippen molar-refractivity contribution in [2.45, 2.75) is 31.7 Å². The van der Waals surface area contributed by atoms with Gasteiger partial charge in [0.15, 0.2) is 0 Å². The summed E-state index contributed by atoms with van der Waals surface area (Å²) in [7, 11) is 3.32. The Morgan fingerprint density at radius 3 is 2.20 bits per heavy atom. The van der Waals surface area contributed by atoms with E-state index in [4.69, 9.17) is 9.47 Å². The summed E-state index contributed by atoms with van der Waals surface area (Å²) in [5, 5.41) is 0. The molecule has 1 saturated heterocycles. The first kappa shape index (κ1) is 17.3. The molecule has 1 aliphatic rings. The predicted molar refractivity (Wildman–Crippen MR) is 98.0 cm³/mol. The predicted octanol–water partition coefficient (Wildman–Crippen LogP) is 4.00. The van der Waals surface area contributed by atoms with Gasteiger partial charge in [-0.2, -0.15) is 0 Å². The molecule has 1 aliphatic heterocycles. The normalized spacial score (nSPS) is 16.7. The largest absolute Gasteiger partial charge is 0.497 e. The number of carbonyl (C=O) groups is 1. The first-order chi connectivity index (χ1) is 12.2. The molecule has 0 N–H and O–H groups in total. The average molecular weight is 339 g/mol. The molecule has 0 aliphatic carbocycles. The van der Waals surface area contributed by atoms with Crippen LogP contribution < -0.4 is 9.47 Å². The number of nitrogens with zero attached hydrogens (tertiary/aromatic N) is 1. The minimum Gasteiger partial charge on any atom is -0.497 e. The van der Waals surface area contributed by atoms with Gasteiger partial charge >= 0.3 is 0 Å². The van der Waals surface area contributed by atoms with Crippen molar-refractivity contribution in [1.82, 2.24) is 4.90 Å². The minimum absolute atomic E-state index is 0.189. The third-order valence-electron chi connectivity index (χ3n) is 4.86. The SMILES string of the molecule is COc1ccc(CCC(=O)N2CCC[C@@H]2c2ccc(OC)cc2)cc1. The lowest BCUT2D eigenvalue weighted by Crippen LogP contribution is -2.30. The van der Waals surface area contributed by atoms with E-state index in [9.17, 15) is 4.79 Å². The van der Waals surface area contributed by atoms with Gasteiger partial charge in [0.1, 0.15) is 11.5 Å². The summed E-state index contributed by atoms with van der Waals surface area (Å²) in [6.07, 6.45) is 3.39. The third kappa shape index (κ3) is 4.13. The van der Waals surface area contributed by atoms with E-state index in [-0.39, 0.29) is 11.9 Å². The van der Waals surface area contributed by atoms with Crippen molar-refractivity contribution in [2.24, 2.45) is 0 Å². The van der Waals surface area contributed by atoms with Gasteiger partial charge in [-0.1, -0.05) is 24.3 Å². The average Bonchev–Trinajstić information content (AvgIpc) is 3.16. The lowest BCUT2D eigenvalue weighted by Gasteiger charge is -2.25. The summed E-state index contributed by atoms with van der Waals surface area (Å²) in [5.74, 6) is 1.92. The molecule has 0 radical (unpaired) electrons. The minimum atomic E-state index is 0.189. The van der Waals surface area contributed by atoms with Gasteiger partial charge in [0, 0.05) is 13.0 Å². The van der Waals surface area contributed by atoms with Crippen LogP contribution in [-0.2, 0) is 11.2 Å². The van der Waals surface area contributed by atoms with E-state index >= 15 is 0 Å². The Morgan fingerprint density at radius 1 is 1.00 bits per heavy atom. The number of hydrogen-bond acceptors (Lipinski definition) is 3. The molecule has 0 aromatic heterocycles. The highest BCUT2D eigenvalue weighted by atomic mass is 16.5. The second-order valence-electron chi connectivity index (χ2n) is 6.37. The molecular formula is C21H25NO3. The molecular weight excluding hydrogens is 314 g/mol. The number of hydrogen-bond donors (Lipinski definition) is 0. The van der Waals surface area contributed by atoms with Crippen molar-refractivity contribution in [1.29, 1.82) is 0 Å². The monoisotopic (exact) mass is 339 g/mol. The van der Waals surface area contributed by atoms with E-state index in [1.807, 2.05) is 41.3 Å². The van der Waals surface area contributed by atoms with Crippen molar-refractivity contribution in [2.75, 3.05) is 20.8 Å². The van der Waals surface area contributed by atoms with E-state index in [1.54, 1.807) is 14.2 Å². The Morgan fingerprint density at radius 2 is 1.60 bits per heavy atom. The Bertz CT molecular complexity index is 694. The maximum Gasteiger partial charge on any atom is 0.223 e. The summed E-state index contributed by atoms with van der Waals surface area (Å²) in [6, 6.07) is 16.2. The van der Waals surface area contributed by atoms with Crippen LogP contribution in [-0.4, -0.2) is 31.6 Å². The van der Waals surface area contributed by atoms with Crippen LogP contribution in [0.15, 0.2) is 48.5 Å². The maximum absolute atomic E-state index is 12.7. The van der Waals surface area contributed by atoms with Crippen LogP contribution in [0.5, 0.6) is 11.5 Å². The number of carbonyl (C=O) groups excluding carboxylic acids is 1. The van der Waals surface area contributed by atoms with Crippen LogP contribution >= 0.6 is 0 Å². The molecule has 1 fully saturated rings. The Labute approximate surface area is 149 Å². The van der Waals surface area contributed by atoms with Gasteiger partial charge in [0.05, 0.1) is 20.3 Å². The Hall–Kier alpha value is -2.49. The molecule has 0 spiro atoms. The fraction of sp³-hybridized carbons (Fsp3) is 0.381. The summed E-state index contributed by atoms with van der Waals surface area (Å²) < 4.78 is 10.4. The van der Waals surface area contributed by atoms with Crippen molar-refractivity contribution < 1.29 is 14.3 Å². The van der Waals surface area contributed by atoms with E-state index < -0.39 is 0 Å². The molecule has 4 heteroatoms. The lowest BCUT2D eigenvalue weighted by molar-refractivity contribution is -0.132. The molecule has 3 rings (SSSR count). The van der Waals surface area contributed by atoms with Gasteiger partial charge in [-0.15, -0.1) is 0 Å². The maximum atomic E-state index is 12.7. The smallest absolute Gasteiger partial charge is 0.223 e. The molecule has 1 atom stereocenters. The molecule has 0 unspecified atom stereocenters. The van der Waals surface area contributed by atoms with Crippen LogP contribution in [0.3, 0.4) is 0 Å². The first-order valence-electron chi connectivity index (χ1n) is 8.77. The van der Waals surface area contributed by atoms with Crippen molar-refractivity contribution in [3.63, 3.8) is 0 Å². The van der Waals surface area contributed by atoms with E-state index in [0.717, 1.165) is 42.9 Å². The van der Waals surface area contributed by atoms with Gasteiger partial charge in [-0.3, -0.25) is 4.79 Å². The number of likely N-dealkylation sites (tertiary alicyclic amines) is 1. The second-order valence-corrected chi connectivity index (χ2v) is 6.37. The molecule has 1 amide bonds. The zero-order valence-corrected chi connectivity index (χ0v) is 14.9. The first-order valence-corrected chi connectivity index (χ1v) is 8.77. The van der Waals surface area contributed by atoms with E-state index in [1.165, 1.54) is 5.56 Å². The number of amides is 1. The van der Waals surface area contributed by atoms with Crippen LogP contribution in [0.25, 0.3) is 0 Å². The van der Waals surface area contributed by atoms with Crippen molar-refractivity contribution >= 4 is 5.91 Å². The van der Waals surface area contributed by atoms with Crippen LogP contribution in [0.4, 0.5) is 0 Å². The van der Waals surface area contributed by atoms with Gasteiger partial charge < -0.3 is 14.4 Å². The van der Waals surface area contributed by atoms with Crippen LogP contribution in [0.2, 0.25) is 0 Å². The molecule has 0 bridgehead atoms. The van der Waals surface area contributed by atoms with E-state index in [2.05, 4.69) is 12.1 Å². The fourth-order valence-corrected chi connectivity index (χ4v) is 3.42. The summed E-state index contributed by atoms with van der Waals surface area (Å²) in [6.45, 7) is 0.845. The van der Waals surface area contributed by atoms with Crippen LogP contribution in [0.1, 0.15) is 36.4 Å². The number of aryl methyl sites for hydroxylation is 1. The lowest BCUT2D eigenvalue weighted by atomic mass is 10.0. The van der Waals surface area contributed by atoms with Gasteiger partial charge in [0.2, 0.25) is 5.91 Å². The molecule has 132 valence electrons. The van der Waals surface area contributed by atoms with E-state index in [0.29, 0.717) is 6.42 Å². The molecule has 25 heavy (non-hydrogen) atoms. The van der Waals surface area contributed by atoms with Crippen LogP contribution in [0, 0.1) is 0 Å². The zero-order chi connectivity index (χ0) is 17.6. The van der Waals surface area contributed by atoms with Crippen molar-refractivity contribution in [3.05, 3.63) is 59.7 Å². The number of ether oxygens (including phenoxy) is 2. The highest BCUT2D eigenvalue weighted by molar-refractivity contribution is 5.77. The summed E-state index contributed by atoms with van der Waals surface area (Å²) in [4.78, 5) is 14.8. The topological polar surface area (TPSA) is 38.8 Å². The third-order valence-corrected chi connectivity index (χ3v) is 4.86. The highest BCUT2D eigenvalue weighted by Gasteiger charge is 2.29. The van der Waals surface area contributed by atoms with Crippen molar-refractivity contribution in [3.8, 4) is 11.5 Å². The number of methoxy groups -OCH3 is 2. The Kier molecular flexibility index (Phi) is 5.59. The zero-order valence-electron chi connectivity index (χ0n) is 14.9. The molecule has 2 aromatic rings. The number of benzene rings is 2. The second kappa shape index (κ2) is 8.06. The standard InChI is InChI=1S/C21H25NO3/c1-24-18-10-5-16(6-11-18)7-14-21(23)22-15-3-4-20(22)17-8-12-19(25-2)13-9-17/h5-6,8-13,20H,3-4,7,14-15H2,1-2H3/t20-/m1/s1. The number of rotatable bonds is 6. The quantitative estimate of drug-likeness (QED) is 0.798. The summed E-state index contributed by atoms with van der Waals surface area (Å²) >= 11 is 0. The van der Waals surface area contributed by atoms with Gasteiger partial charge in [-0.05, 0) is 54.7 Å². The Balaban J connectivity index is 1.61. The molecule has 4 nitrogen and oxygen atoms in total. The highest BCUT2D eigenvalue weighted by Crippen LogP contribution is 2.33. The fourth-order valence-electron chi connectivity index (χ4n) is 3.42. The molecule has 0 saturated carbocycles. The molecule has 1 heterocycles. The summed E-state index contributed by atoms with van der Waals surface area (Å²) in [5.41, 5.74) is 2.35.